The topological polar surface area (TPSA) is 49.3 Å². The summed E-state index contributed by atoms with van der Waals surface area (Å²) < 4.78 is 0. The third kappa shape index (κ3) is 1.93. The molecule has 1 aliphatic carbocycles. The van der Waals surface area contributed by atoms with Crippen LogP contribution in [0.25, 0.3) is 0 Å². The second-order valence-corrected chi connectivity index (χ2v) is 3.31. The second kappa shape index (κ2) is 3.22. The van der Waals surface area contributed by atoms with Gasteiger partial charge in [-0.25, -0.2) is 0 Å². The lowest BCUT2D eigenvalue weighted by atomic mass is 9.94. The van der Waals surface area contributed by atoms with Crippen molar-refractivity contribution in [3.8, 4) is 0 Å². The minimum absolute atomic E-state index is 0.0914. The highest BCUT2D eigenvalue weighted by atomic mass is 16.4. The monoisotopic (exact) mass is 157 g/mol. The van der Waals surface area contributed by atoms with Gasteiger partial charge in [0.1, 0.15) is 0 Å². The van der Waals surface area contributed by atoms with Gasteiger partial charge in [-0.1, -0.05) is 12.8 Å². The summed E-state index contributed by atoms with van der Waals surface area (Å²) in [5, 5.41) is 11.8. The molecule has 0 spiro atoms. The summed E-state index contributed by atoms with van der Waals surface area (Å²) in [6.45, 7) is 0. The molecule has 1 aliphatic rings. The van der Waals surface area contributed by atoms with Gasteiger partial charge in [0.25, 0.3) is 0 Å². The smallest absolute Gasteiger partial charge is 0.305 e. The Morgan fingerprint density at radius 2 is 2.09 bits per heavy atom. The molecule has 11 heavy (non-hydrogen) atoms. The molecule has 2 N–H and O–H groups in total. The Morgan fingerprint density at radius 3 is 2.45 bits per heavy atom. The number of hydrogen-bond acceptors (Lipinski definition) is 2. The predicted molar refractivity (Wildman–Crippen MR) is 42.5 cm³/mol. The van der Waals surface area contributed by atoms with Crippen LogP contribution in [0.15, 0.2) is 0 Å². The lowest BCUT2D eigenvalue weighted by molar-refractivity contribution is -0.138. The van der Waals surface area contributed by atoms with Crippen molar-refractivity contribution in [2.24, 2.45) is 0 Å². The van der Waals surface area contributed by atoms with Gasteiger partial charge in [-0.3, -0.25) is 4.79 Å². The van der Waals surface area contributed by atoms with Crippen molar-refractivity contribution in [2.75, 3.05) is 7.05 Å². The fourth-order valence-corrected chi connectivity index (χ4v) is 1.86. The first-order valence-electron chi connectivity index (χ1n) is 4.09. The van der Waals surface area contributed by atoms with Crippen molar-refractivity contribution < 1.29 is 9.90 Å². The van der Waals surface area contributed by atoms with Gasteiger partial charge in [0, 0.05) is 5.54 Å². The normalized spacial score (nSPS) is 21.9. The van der Waals surface area contributed by atoms with E-state index in [1.165, 1.54) is 0 Å². The molecule has 0 atom stereocenters. The summed E-state index contributed by atoms with van der Waals surface area (Å²) in [5.41, 5.74) is -0.0914. The van der Waals surface area contributed by atoms with Gasteiger partial charge >= 0.3 is 5.97 Å². The summed E-state index contributed by atoms with van der Waals surface area (Å²) >= 11 is 0. The molecule has 0 aromatic heterocycles. The Balaban J connectivity index is 2.52. The number of aliphatic carboxylic acids is 1. The molecular weight excluding hydrogens is 142 g/mol. The first-order valence-corrected chi connectivity index (χ1v) is 4.09. The maximum absolute atomic E-state index is 10.5. The number of carbonyl (C=O) groups is 1. The molecule has 0 aromatic carbocycles. The van der Waals surface area contributed by atoms with Gasteiger partial charge in [0.05, 0.1) is 6.42 Å². The highest BCUT2D eigenvalue weighted by Gasteiger charge is 2.33. The van der Waals surface area contributed by atoms with Crippen molar-refractivity contribution in [3.63, 3.8) is 0 Å². The van der Waals surface area contributed by atoms with Gasteiger partial charge < -0.3 is 10.4 Å². The third-order valence-electron chi connectivity index (χ3n) is 2.58. The zero-order valence-electron chi connectivity index (χ0n) is 6.89. The van der Waals surface area contributed by atoms with E-state index in [1.54, 1.807) is 0 Å². The van der Waals surface area contributed by atoms with E-state index in [1.807, 2.05) is 7.05 Å². The zero-order chi connectivity index (χ0) is 8.32. The van der Waals surface area contributed by atoms with Crippen LogP contribution in [0.3, 0.4) is 0 Å². The lowest BCUT2D eigenvalue weighted by Gasteiger charge is -2.26. The van der Waals surface area contributed by atoms with E-state index in [0.717, 1.165) is 25.7 Å². The maximum Gasteiger partial charge on any atom is 0.305 e. The van der Waals surface area contributed by atoms with E-state index < -0.39 is 5.97 Å². The van der Waals surface area contributed by atoms with Crippen molar-refractivity contribution in [1.82, 2.24) is 5.32 Å². The Morgan fingerprint density at radius 1 is 1.55 bits per heavy atom. The summed E-state index contributed by atoms with van der Waals surface area (Å²) in [4.78, 5) is 10.5. The van der Waals surface area contributed by atoms with E-state index in [0.29, 0.717) is 0 Å². The van der Waals surface area contributed by atoms with Crippen LogP contribution in [0.4, 0.5) is 0 Å². The molecule has 0 amide bonds. The summed E-state index contributed by atoms with van der Waals surface area (Å²) in [7, 11) is 1.86. The van der Waals surface area contributed by atoms with Crippen LogP contribution in [-0.2, 0) is 4.79 Å². The summed E-state index contributed by atoms with van der Waals surface area (Å²) in [6, 6.07) is 0. The number of nitrogens with one attached hydrogen (secondary N) is 1. The molecule has 3 heteroatoms. The van der Waals surface area contributed by atoms with Crippen molar-refractivity contribution in [2.45, 2.75) is 37.6 Å². The predicted octanol–water partition coefficient (Wildman–Crippen LogP) is 0.993. The molecule has 1 fully saturated rings. The number of carboxylic acids is 1. The molecule has 0 aliphatic heterocycles. The van der Waals surface area contributed by atoms with E-state index in [9.17, 15) is 4.79 Å². The average molecular weight is 157 g/mol. The highest BCUT2D eigenvalue weighted by Crippen LogP contribution is 2.31. The van der Waals surface area contributed by atoms with Crippen molar-refractivity contribution in [1.29, 1.82) is 0 Å². The van der Waals surface area contributed by atoms with Crippen LogP contribution in [0, 0.1) is 0 Å². The number of hydrogen-bond donors (Lipinski definition) is 2. The molecule has 3 nitrogen and oxygen atoms in total. The summed E-state index contributed by atoms with van der Waals surface area (Å²) in [6.07, 6.45) is 4.61. The molecule has 1 saturated carbocycles. The molecule has 0 heterocycles. The molecule has 0 radical (unpaired) electrons. The first-order chi connectivity index (χ1) is 5.18. The first kappa shape index (κ1) is 8.53. The number of rotatable bonds is 3. The molecule has 64 valence electrons. The van der Waals surface area contributed by atoms with Crippen LogP contribution in [0.1, 0.15) is 32.1 Å². The van der Waals surface area contributed by atoms with Gasteiger partial charge in [-0.2, -0.15) is 0 Å². The fourth-order valence-electron chi connectivity index (χ4n) is 1.86. The highest BCUT2D eigenvalue weighted by molar-refractivity contribution is 5.68. The standard InChI is InChI=1S/C8H15NO2/c1-9-8(6-7(10)11)4-2-3-5-8/h9H,2-6H2,1H3,(H,10,11). The van der Waals surface area contributed by atoms with Crippen LogP contribution < -0.4 is 5.32 Å². The third-order valence-corrected chi connectivity index (χ3v) is 2.58. The van der Waals surface area contributed by atoms with E-state index >= 15 is 0 Å². The van der Waals surface area contributed by atoms with Crippen LogP contribution >= 0.6 is 0 Å². The average Bonchev–Trinajstić information content (AvgIpc) is 2.36. The number of carboxylic acid groups (broad SMARTS) is 1. The summed E-state index contributed by atoms with van der Waals surface area (Å²) in [5.74, 6) is -0.693. The molecule has 0 bridgehead atoms. The fraction of sp³-hybridized carbons (Fsp3) is 0.875. The van der Waals surface area contributed by atoms with Crippen LogP contribution in [0.5, 0.6) is 0 Å². The Labute approximate surface area is 66.8 Å². The van der Waals surface area contributed by atoms with Crippen LogP contribution in [-0.4, -0.2) is 23.7 Å². The molecule has 0 aromatic rings. The van der Waals surface area contributed by atoms with Gasteiger partial charge in [0.15, 0.2) is 0 Å². The van der Waals surface area contributed by atoms with E-state index in [4.69, 9.17) is 5.11 Å². The van der Waals surface area contributed by atoms with Crippen molar-refractivity contribution in [3.05, 3.63) is 0 Å². The van der Waals surface area contributed by atoms with Crippen molar-refractivity contribution >= 4 is 5.97 Å². The molecule has 0 saturated heterocycles. The minimum atomic E-state index is -0.693. The van der Waals surface area contributed by atoms with Gasteiger partial charge in [-0.05, 0) is 19.9 Å². The molecular formula is C8H15NO2. The Bertz CT molecular complexity index is 150. The maximum atomic E-state index is 10.5. The Kier molecular flexibility index (Phi) is 2.49. The van der Waals surface area contributed by atoms with Gasteiger partial charge in [0.2, 0.25) is 0 Å². The second-order valence-electron chi connectivity index (χ2n) is 3.31. The van der Waals surface area contributed by atoms with E-state index in [-0.39, 0.29) is 12.0 Å². The SMILES string of the molecule is CNC1(CC(=O)O)CCCC1. The van der Waals surface area contributed by atoms with E-state index in [2.05, 4.69) is 5.32 Å². The van der Waals surface area contributed by atoms with Crippen LogP contribution in [0.2, 0.25) is 0 Å². The molecule has 0 unspecified atom stereocenters. The zero-order valence-corrected chi connectivity index (χ0v) is 6.89. The Hall–Kier alpha value is -0.570. The lowest BCUT2D eigenvalue weighted by Crippen LogP contribution is -2.41. The quantitative estimate of drug-likeness (QED) is 0.642. The minimum Gasteiger partial charge on any atom is -0.481 e. The van der Waals surface area contributed by atoms with Gasteiger partial charge in [-0.15, -0.1) is 0 Å². The molecule has 1 rings (SSSR count). The largest absolute Gasteiger partial charge is 0.481 e.